The van der Waals surface area contributed by atoms with Crippen molar-refractivity contribution in [1.82, 2.24) is 0 Å². The fourth-order valence-electron chi connectivity index (χ4n) is 0. The fraction of sp³-hybridized carbons (Fsp3) is 1.00. The van der Waals surface area contributed by atoms with Crippen LogP contribution in [0.2, 0.25) is 13.0 Å². The van der Waals surface area contributed by atoms with Gasteiger partial charge in [0, 0.05) is 2.74 Å². The van der Waals surface area contributed by atoms with Crippen molar-refractivity contribution >= 4 is 19.2 Å². The normalized spacial score (nSPS) is 15.5. The molecule has 0 aliphatic carbocycles. The van der Waals surface area contributed by atoms with Crippen molar-refractivity contribution in [2.45, 2.75) is 13.0 Å². The van der Waals surface area contributed by atoms with Gasteiger partial charge in [-0.15, -0.1) is 0 Å². The van der Waals surface area contributed by atoms with Crippen LogP contribution < -0.4 is 0 Å². The maximum absolute atomic E-state index is 6.62. The van der Waals surface area contributed by atoms with Gasteiger partial charge >= 0.3 is 0 Å². The minimum absolute atomic E-state index is 0.297. The standard InChI is InChI=1S/C2H7ClSi/c1-4(2)3/h4H,1-2H3/i1D,2D. The van der Waals surface area contributed by atoms with Crippen molar-refractivity contribution in [3.8, 4) is 0 Å². The van der Waals surface area contributed by atoms with Gasteiger partial charge in [0.2, 0.25) is 0 Å². The van der Waals surface area contributed by atoms with Crippen molar-refractivity contribution in [1.29, 1.82) is 0 Å². The molecule has 0 aromatic heterocycles. The summed E-state index contributed by atoms with van der Waals surface area (Å²) in [5.74, 6) is 0. The highest BCUT2D eigenvalue weighted by molar-refractivity contribution is 7.05. The number of halogens is 1. The van der Waals surface area contributed by atoms with Crippen LogP contribution >= 0.6 is 11.1 Å². The second kappa shape index (κ2) is 1.79. The molecule has 0 amide bonds. The number of rotatable bonds is 0. The van der Waals surface area contributed by atoms with E-state index in [-0.39, 0.29) is 0 Å². The first-order valence-electron chi connectivity index (χ1n) is 2.45. The lowest BCUT2D eigenvalue weighted by Gasteiger charge is -1.72. The number of hydrogen-bond donors (Lipinski definition) is 0. The van der Waals surface area contributed by atoms with E-state index in [2.05, 4.69) is 0 Å². The Balaban J connectivity index is 2.75. The molecule has 4 heavy (non-hydrogen) atoms. The van der Waals surface area contributed by atoms with Crippen molar-refractivity contribution in [3.05, 3.63) is 0 Å². The van der Waals surface area contributed by atoms with Crippen LogP contribution in [0.5, 0.6) is 0 Å². The third-order valence-electron chi connectivity index (χ3n) is 0. The van der Waals surface area contributed by atoms with Gasteiger partial charge in [-0.25, -0.2) is 0 Å². The molecule has 0 spiro atoms. The molecule has 0 saturated heterocycles. The van der Waals surface area contributed by atoms with Crippen LogP contribution in [0.25, 0.3) is 0 Å². The first-order valence-corrected chi connectivity index (χ1v) is 4.41. The third-order valence-corrected chi connectivity index (χ3v) is 0. The highest BCUT2D eigenvalue weighted by Gasteiger charge is 1.76. The van der Waals surface area contributed by atoms with Crippen LogP contribution in [0, 0.1) is 0 Å². The molecule has 0 N–H and O–H groups in total. The predicted octanol–water partition coefficient (Wildman–Crippen LogP) is 1.21. The van der Waals surface area contributed by atoms with Crippen LogP contribution in [0.3, 0.4) is 0 Å². The van der Waals surface area contributed by atoms with Gasteiger partial charge in [-0.3, -0.25) is 0 Å². The zero-order chi connectivity index (χ0) is 4.99. The molecule has 0 aromatic carbocycles. The average molecular weight is 96.6 g/mol. The van der Waals surface area contributed by atoms with E-state index in [1.54, 1.807) is 0 Å². The van der Waals surface area contributed by atoms with Crippen molar-refractivity contribution in [2.75, 3.05) is 0 Å². The van der Waals surface area contributed by atoms with Crippen LogP contribution in [-0.2, 0) is 0 Å². The Labute approximate surface area is 35.9 Å². The van der Waals surface area contributed by atoms with E-state index in [1.165, 1.54) is 0 Å². The van der Waals surface area contributed by atoms with Crippen LogP contribution in [0.1, 0.15) is 2.74 Å². The topological polar surface area (TPSA) is 0 Å². The summed E-state index contributed by atoms with van der Waals surface area (Å²) >= 11 is 5.41. The maximum atomic E-state index is 6.62. The van der Waals surface area contributed by atoms with E-state index < -0.39 is 8.11 Å². The van der Waals surface area contributed by atoms with E-state index in [0.29, 0.717) is 13.0 Å². The molecule has 0 atom stereocenters. The molecular weight excluding hydrogens is 87.6 g/mol. The van der Waals surface area contributed by atoms with Gasteiger partial charge in [-0.2, -0.15) is 11.1 Å². The molecule has 0 aliphatic heterocycles. The zero-order valence-electron chi connectivity index (χ0n) is 4.37. The van der Waals surface area contributed by atoms with E-state index >= 15 is 0 Å². The highest BCUT2D eigenvalue weighted by Crippen LogP contribution is 1.79. The molecule has 2 heteroatoms. The Morgan fingerprint density at radius 1 is 2.00 bits per heavy atom. The molecule has 0 rings (SSSR count). The van der Waals surface area contributed by atoms with Gasteiger partial charge in [0.25, 0.3) is 0 Å². The van der Waals surface area contributed by atoms with Crippen molar-refractivity contribution in [2.24, 2.45) is 0 Å². The van der Waals surface area contributed by atoms with E-state index in [9.17, 15) is 0 Å². The summed E-state index contributed by atoms with van der Waals surface area (Å²) in [4.78, 5) is 0. The van der Waals surface area contributed by atoms with Gasteiger partial charge in [-0.05, 0) is 0 Å². The van der Waals surface area contributed by atoms with Gasteiger partial charge in [-0.1, -0.05) is 13.0 Å². The molecular formula is C2H7ClSi. The molecule has 0 bridgehead atoms. The fourth-order valence-corrected chi connectivity index (χ4v) is 0. The van der Waals surface area contributed by atoms with Crippen LogP contribution in [0.15, 0.2) is 0 Å². The van der Waals surface area contributed by atoms with Crippen molar-refractivity contribution < 1.29 is 2.74 Å². The second-order valence-electron chi connectivity index (χ2n) is 0.597. The summed E-state index contributed by atoms with van der Waals surface area (Å²) in [6.45, 7) is 0.593. The molecule has 0 aromatic rings. The zero-order valence-corrected chi connectivity index (χ0v) is 4.28. The summed E-state index contributed by atoms with van der Waals surface area (Å²) in [6.07, 6.45) is 0. The molecule has 0 heterocycles. The van der Waals surface area contributed by atoms with E-state index in [4.69, 9.17) is 13.8 Å². The highest BCUT2D eigenvalue weighted by atomic mass is 35.6. The molecule has 26 valence electrons. The first kappa shape index (κ1) is 1.83. The van der Waals surface area contributed by atoms with Crippen LogP contribution in [0.4, 0.5) is 0 Å². The summed E-state index contributed by atoms with van der Waals surface area (Å²) in [7, 11) is -1.35. The Hall–Kier alpha value is 0.507. The minimum Gasteiger partial charge on any atom is -0.172 e. The van der Waals surface area contributed by atoms with E-state index in [1.807, 2.05) is 0 Å². The monoisotopic (exact) mass is 96.0 g/mol. The summed E-state index contributed by atoms with van der Waals surface area (Å²) < 4.78 is 13.2. The predicted molar refractivity (Wildman–Crippen MR) is 24.7 cm³/mol. The molecule has 0 fully saturated rings. The molecule has 0 nitrogen and oxygen atoms in total. The van der Waals surface area contributed by atoms with Gasteiger partial charge in [0.05, 0.1) is 0 Å². The Bertz CT molecular complexity index is 30.7. The minimum atomic E-state index is -1.35. The Morgan fingerprint density at radius 3 is 2.50 bits per heavy atom. The molecule has 0 aliphatic rings. The smallest absolute Gasteiger partial charge is 0.134 e. The molecule has 0 radical (unpaired) electrons. The lowest BCUT2D eigenvalue weighted by Crippen LogP contribution is -1.78. The van der Waals surface area contributed by atoms with E-state index in [0.717, 1.165) is 0 Å². The summed E-state index contributed by atoms with van der Waals surface area (Å²) in [5.41, 5.74) is 0. The Kier molecular flexibility index (Phi) is 0.819. The summed E-state index contributed by atoms with van der Waals surface area (Å²) in [6, 6.07) is 0. The van der Waals surface area contributed by atoms with Gasteiger partial charge < -0.3 is 0 Å². The van der Waals surface area contributed by atoms with Crippen LogP contribution in [-0.4, -0.2) is 8.11 Å². The Morgan fingerprint density at radius 2 is 2.50 bits per heavy atom. The SMILES string of the molecule is [2H]C[SiH](Cl)C[2H]. The molecule has 0 saturated carbocycles. The first-order chi connectivity index (χ1) is 2.81. The quantitative estimate of drug-likeness (QED) is 0.314. The average Bonchev–Trinajstić information content (AvgIpc) is 1.65. The maximum Gasteiger partial charge on any atom is 0.134 e. The lowest BCUT2D eigenvalue weighted by molar-refractivity contribution is 2.10. The lowest BCUT2D eigenvalue weighted by atomic mass is 11.9. The van der Waals surface area contributed by atoms with Gasteiger partial charge in [0.15, 0.2) is 0 Å². The largest absolute Gasteiger partial charge is 0.172 e. The van der Waals surface area contributed by atoms with Gasteiger partial charge in [0.1, 0.15) is 8.11 Å². The summed E-state index contributed by atoms with van der Waals surface area (Å²) in [5, 5.41) is 0. The molecule has 0 unspecified atom stereocenters. The van der Waals surface area contributed by atoms with Crippen molar-refractivity contribution in [3.63, 3.8) is 0 Å². The number of hydrogen-bond acceptors (Lipinski definition) is 0. The third kappa shape index (κ3) is 22.2. The second-order valence-corrected chi connectivity index (χ2v) is 3.64.